The van der Waals surface area contributed by atoms with Gasteiger partial charge in [-0.1, -0.05) is 79.0 Å². The van der Waals surface area contributed by atoms with Crippen molar-refractivity contribution in [1.82, 2.24) is 15.1 Å². The molecule has 0 radical (unpaired) electrons. The van der Waals surface area contributed by atoms with Gasteiger partial charge in [0.15, 0.2) is 0 Å². The standard InChI is InChI=1S/C24H23F3N2O2S.C13H22ClNO/c1-16(12-15-30)28-22(32)18-10-13-29(14-11-18)23(31)21-5-3-2-4-20(21)17-6-8-19(9-7-17)24(25,26)27;1-3-12(14)6-4-5-7-13(16)8-10-15(2)11-9-13/h2-9,15,18H,1,10-14H2,(H,28,32);3-5,16H,6-11H2,1-2H3/b;5-4-,12-3+. The van der Waals surface area contributed by atoms with Crippen LogP contribution in [0.5, 0.6) is 0 Å². The van der Waals surface area contributed by atoms with E-state index < -0.39 is 17.3 Å². The second kappa shape index (κ2) is 18.5. The maximum Gasteiger partial charge on any atom is 0.416 e. The fourth-order valence-electron chi connectivity index (χ4n) is 5.56. The number of hydrogen-bond acceptors (Lipinski definition) is 5. The third kappa shape index (κ3) is 12.0. The SMILES string of the molecule is C/C=C(/Cl)C/C=C\CC1(O)CCN(C)CC1.C=C(CC=O)NC(=S)C1CCN(C(=O)c2ccccc2-c2ccc(C(F)(F)F)cc2)CC1. The lowest BCUT2D eigenvalue weighted by Gasteiger charge is -2.35. The molecule has 0 unspecified atom stereocenters. The number of halogens is 4. The van der Waals surface area contributed by atoms with Crippen LogP contribution < -0.4 is 5.32 Å². The second-order valence-corrected chi connectivity index (χ2v) is 13.2. The first-order valence-electron chi connectivity index (χ1n) is 16.1. The zero-order valence-corrected chi connectivity index (χ0v) is 29.1. The van der Waals surface area contributed by atoms with Gasteiger partial charge in [0.25, 0.3) is 5.91 Å². The summed E-state index contributed by atoms with van der Waals surface area (Å²) >= 11 is 11.3. The first-order valence-corrected chi connectivity index (χ1v) is 16.9. The molecule has 1 amide bonds. The summed E-state index contributed by atoms with van der Waals surface area (Å²) in [6.07, 6.45) is 7.13. The molecule has 6 nitrogen and oxygen atoms in total. The number of allylic oxidation sites excluding steroid dienone is 4. The minimum atomic E-state index is -4.41. The molecule has 2 aliphatic heterocycles. The van der Waals surface area contributed by atoms with Gasteiger partial charge in [0, 0.05) is 61.2 Å². The average Bonchev–Trinajstić information content (AvgIpc) is 3.08. The van der Waals surface area contributed by atoms with E-state index in [1.54, 1.807) is 29.2 Å². The summed E-state index contributed by atoms with van der Waals surface area (Å²) in [6.45, 7) is 8.68. The lowest BCUT2D eigenvalue weighted by Crippen LogP contribution is -2.42. The van der Waals surface area contributed by atoms with Crippen LogP contribution in [-0.2, 0) is 11.0 Å². The number of amides is 1. The van der Waals surface area contributed by atoms with Gasteiger partial charge in [-0.2, -0.15) is 13.2 Å². The van der Waals surface area contributed by atoms with Gasteiger partial charge in [-0.15, -0.1) is 0 Å². The van der Waals surface area contributed by atoms with Crippen molar-refractivity contribution in [3.8, 4) is 11.1 Å². The van der Waals surface area contributed by atoms with Gasteiger partial charge >= 0.3 is 6.18 Å². The Morgan fingerprint density at radius 2 is 1.69 bits per heavy atom. The van der Waals surface area contributed by atoms with Crippen molar-refractivity contribution >= 4 is 41.0 Å². The number of carbonyl (C=O) groups excluding carboxylic acids is 2. The molecule has 2 fully saturated rings. The maximum absolute atomic E-state index is 13.2. The van der Waals surface area contributed by atoms with Gasteiger partial charge in [0.2, 0.25) is 0 Å². The number of nitrogens with zero attached hydrogens (tertiary/aromatic N) is 2. The molecule has 2 aliphatic rings. The van der Waals surface area contributed by atoms with Crippen LogP contribution in [-0.4, -0.2) is 70.9 Å². The summed E-state index contributed by atoms with van der Waals surface area (Å²) < 4.78 is 38.6. The van der Waals surface area contributed by atoms with Gasteiger partial charge in [-0.05, 0) is 75.4 Å². The van der Waals surface area contributed by atoms with Crippen molar-refractivity contribution in [2.45, 2.75) is 63.6 Å². The van der Waals surface area contributed by atoms with Gasteiger partial charge in [-0.25, -0.2) is 0 Å². The lowest BCUT2D eigenvalue weighted by molar-refractivity contribution is -0.137. The van der Waals surface area contributed by atoms with E-state index in [1.807, 2.05) is 19.1 Å². The van der Waals surface area contributed by atoms with Gasteiger partial charge in [0.05, 0.1) is 16.2 Å². The summed E-state index contributed by atoms with van der Waals surface area (Å²) in [5.41, 5.74) is 0.921. The normalized spacial score (nSPS) is 17.4. The molecule has 2 saturated heterocycles. The minimum Gasteiger partial charge on any atom is -0.389 e. The molecule has 0 aromatic heterocycles. The quantitative estimate of drug-likeness (QED) is 0.148. The highest BCUT2D eigenvalue weighted by atomic mass is 35.5. The number of alkyl halides is 3. The Labute approximate surface area is 292 Å². The Morgan fingerprint density at radius 1 is 1.06 bits per heavy atom. The molecule has 2 N–H and O–H groups in total. The Kier molecular flexibility index (Phi) is 15.0. The Morgan fingerprint density at radius 3 is 2.27 bits per heavy atom. The van der Waals surface area contributed by atoms with Crippen LogP contribution in [0.25, 0.3) is 11.1 Å². The molecule has 0 bridgehead atoms. The molecule has 2 aromatic carbocycles. The number of likely N-dealkylation sites (tertiary alicyclic amines) is 2. The largest absolute Gasteiger partial charge is 0.416 e. The fourth-order valence-corrected chi connectivity index (χ4v) is 6.03. The Hall–Kier alpha value is -3.31. The van der Waals surface area contributed by atoms with E-state index >= 15 is 0 Å². The Balaban J connectivity index is 0.000000328. The van der Waals surface area contributed by atoms with E-state index in [2.05, 4.69) is 29.9 Å². The highest BCUT2D eigenvalue weighted by Gasteiger charge is 2.31. The summed E-state index contributed by atoms with van der Waals surface area (Å²) in [6, 6.07) is 11.7. The van der Waals surface area contributed by atoms with Crippen LogP contribution in [0.15, 0.2) is 84.1 Å². The number of hydrogen-bond donors (Lipinski definition) is 2. The van der Waals surface area contributed by atoms with Crippen LogP contribution >= 0.6 is 23.8 Å². The van der Waals surface area contributed by atoms with E-state index in [4.69, 9.17) is 23.8 Å². The lowest BCUT2D eigenvalue weighted by atomic mass is 9.88. The van der Waals surface area contributed by atoms with E-state index in [0.717, 1.165) is 62.2 Å². The predicted molar refractivity (Wildman–Crippen MR) is 191 cm³/mol. The molecule has 0 atom stereocenters. The molecule has 0 saturated carbocycles. The predicted octanol–water partition coefficient (Wildman–Crippen LogP) is 8.17. The molecule has 48 heavy (non-hydrogen) atoms. The molecule has 0 spiro atoms. The molecule has 11 heteroatoms. The van der Waals surface area contributed by atoms with E-state index in [-0.39, 0.29) is 18.2 Å². The number of rotatable bonds is 10. The van der Waals surface area contributed by atoms with Crippen LogP contribution in [0.1, 0.15) is 67.8 Å². The number of carbonyl (C=O) groups is 2. The van der Waals surface area contributed by atoms with E-state index in [9.17, 15) is 27.9 Å². The molecular weight excluding hydrogens is 659 g/mol. The molecule has 4 rings (SSSR count). The zero-order chi connectivity index (χ0) is 35.3. The number of aldehydes is 1. The van der Waals surface area contributed by atoms with Gasteiger partial charge in [-0.3, -0.25) is 4.79 Å². The number of aliphatic hydroxyl groups is 1. The first kappa shape index (κ1) is 39.1. The van der Waals surface area contributed by atoms with Gasteiger partial charge in [0.1, 0.15) is 6.29 Å². The maximum atomic E-state index is 13.2. The van der Waals surface area contributed by atoms with Gasteiger partial charge < -0.3 is 25.0 Å². The second-order valence-electron chi connectivity index (χ2n) is 12.3. The smallest absolute Gasteiger partial charge is 0.389 e. The summed E-state index contributed by atoms with van der Waals surface area (Å²) in [5, 5.41) is 14.1. The Bertz CT molecular complexity index is 1460. The molecule has 260 valence electrons. The van der Waals surface area contributed by atoms with Crippen LogP contribution in [0, 0.1) is 5.92 Å². The van der Waals surface area contributed by atoms with E-state index in [1.165, 1.54) is 12.1 Å². The fraction of sp³-hybridized carbons (Fsp3) is 0.432. The number of nitrogens with one attached hydrogen (secondary N) is 1. The average molecular weight is 704 g/mol. The van der Waals surface area contributed by atoms with Crippen molar-refractivity contribution < 1.29 is 27.9 Å². The number of benzene rings is 2. The molecular formula is C37H45ClF3N3O3S. The van der Waals surface area contributed by atoms with Crippen molar-refractivity contribution in [2.75, 3.05) is 33.2 Å². The zero-order valence-electron chi connectivity index (χ0n) is 27.6. The van der Waals surface area contributed by atoms with E-state index in [0.29, 0.717) is 53.3 Å². The third-order valence-electron chi connectivity index (χ3n) is 8.67. The first-order chi connectivity index (χ1) is 22.8. The topological polar surface area (TPSA) is 72.9 Å². The monoisotopic (exact) mass is 703 g/mol. The summed E-state index contributed by atoms with van der Waals surface area (Å²) in [5.74, 6) is -0.0780. The van der Waals surface area contributed by atoms with Crippen LogP contribution in [0.4, 0.5) is 13.2 Å². The van der Waals surface area contributed by atoms with Crippen molar-refractivity contribution in [3.63, 3.8) is 0 Å². The summed E-state index contributed by atoms with van der Waals surface area (Å²) in [4.78, 5) is 28.4. The highest BCUT2D eigenvalue weighted by Crippen LogP contribution is 2.33. The van der Waals surface area contributed by atoms with Crippen molar-refractivity contribution in [2.24, 2.45) is 5.92 Å². The molecule has 2 aromatic rings. The minimum absolute atomic E-state index is 0.0857. The van der Waals surface area contributed by atoms with Crippen molar-refractivity contribution in [3.05, 3.63) is 95.2 Å². The number of piperidine rings is 2. The molecule has 0 aliphatic carbocycles. The number of thiocarbonyl (C=S) groups is 1. The highest BCUT2D eigenvalue weighted by molar-refractivity contribution is 7.80. The van der Waals surface area contributed by atoms with Crippen LogP contribution in [0.2, 0.25) is 0 Å². The molecule has 2 heterocycles. The summed E-state index contributed by atoms with van der Waals surface area (Å²) in [7, 11) is 2.10. The van der Waals surface area contributed by atoms with Crippen LogP contribution in [0.3, 0.4) is 0 Å². The van der Waals surface area contributed by atoms with Crippen molar-refractivity contribution in [1.29, 1.82) is 0 Å². The third-order valence-corrected chi connectivity index (χ3v) is 9.48.